The fraction of sp³-hybridized carbons (Fsp3) is 0.107. The lowest BCUT2D eigenvalue weighted by molar-refractivity contribution is 0.0950. The molecule has 0 aliphatic carbocycles. The van der Waals surface area contributed by atoms with Gasteiger partial charge in [-0.05, 0) is 65.2 Å². The second kappa shape index (κ2) is 10.5. The van der Waals surface area contributed by atoms with Crippen molar-refractivity contribution in [2.24, 2.45) is 0 Å². The molecule has 0 aliphatic heterocycles. The van der Waals surface area contributed by atoms with Crippen LogP contribution in [0.25, 0.3) is 16.5 Å². The second-order valence-corrected chi connectivity index (χ2v) is 9.70. The van der Waals surface area contributed by atoms with Crippen molar-refractivity contribution < 1.29 is 9.18 Å². The van der Waals surface area contributed by atoms with Crippen LogP contribution in [0.1, 0.15) is 27.3 Å². The Morgan fingerprint density at radius 1 is 0.972 bits per heavy atom. The van der Waals surface area contributed by atoms with Crippen LogP contribution in [0.3, 0.4) is 0 Å². The summed E-state index contributed by atoms with van der Waals surface area (Å²) in [5.74, 6) is 0.697. The van der Waals surface area contributed by atoms with Crippen LogP contribution in [0.5, 0.6) is 0 Å². The number of fused-ring (bicyclic) bond motifs is 1. The molecule has 1 aromatic heterocycles. The molecule has 0 unspecified atom stereocenters. The highest BCUT2D eigenvalue weighted by atomic mass is 35.5. The largest absolute Gasteiger partial charge is 0.345 e. The molecular formula is C28H22ClFN4OS. The van der Waals surface area contributed by atoms with Gasteiger partial charge in [-0.2, -0.15) is 0 Å². The normalized spacial score (nSPS) is 11.1. The highest BCUT2D eigenvalue weighted by Crippen LogP contribution is 2.28. The van der Waals surface area contributed by atoms with Crippen LogP contribution in [0, 0.1) is 12.7 Å². The molecular weight excluding hydrogens is 495 g/mol. The van der Waals surface area contributed by atoms with Gasteiger partial charge in [0.05, 0.1) is 12.2 Å². The first kappa shape index (κ1) is 24.0. The first-order valence-corrected chi connectivity index (χ1v) is 12.7. The molecule has 1 heterocycles. The van der Waals surface area contributed by atoms with Crippen LogP contribution in [-0.2, 0) is 12.3 Å². The minimum absolute atomic E-state index is 0.182. The van der Waals surface area contributed by atoms with E-state index in [1.54, 1.807) is 12.1 Å². The minimum atomic E-state index is -0.272. The molecule has 5 rings (SSSR count). The smallest absolute Gasteiger partial charge is 0.251 e. The van der Waals surface area contributed by atoms with Crippen molar-refractivity contribution in [3.8, 4) is 5.69 Å². The fourth-order valence-electron chi connectivity index (χ4n) is 3.89. The highest BCUT2D eigenvalue weighted by molar-refractivity contribution is 7.98. The molecule has 0 spiro atoms. The quantitative estimate of drug-likeness (QED) is 0.243. The predicted molar refractivity (Wildman–Crippen MR) is 142 cm³/mol. The maximum Gasteiger partial charge on any atom is 0.251 e. The van der Waals surface area contributed by atoms with Crippen molar-refractivity contribution >= 4 is 40.0 Å². The Balaban J connectivity index is 1.41. The van der Waals surface area contributed by atoms with Gasteiger partial charge in [0.1, 0.15) is 5.82 Å². The summed E-state index contributed by atoms with van der Waals surface area (Å²) in [5, 5.41) is 15.1. The van der Waals surface area contributed by atoms with E-state index in [4.69, 9.17) is 11.6 Å². The van der Waals surface area contributed by atoms with Gasteiger partial charge in [0.25, 0.3) is 5.91 Å². The Kier molecular flexibility index (Phi) is 7.02. The lowest BCUT2D eigenvalue weighted by atomic mass is 10.1. The molecule has 4 aromatic carbocycles. The average Bonchev–Trinajstić information content (AvgIpc) is 3.30. The van der Waals surface area contributed by atoms with E-state index in [0.29, 0.717) is 27.3 Å². The number of benzene rings is 4. The minimum Gasteiger partial charge on any atom is -0.345 e. The van der Waals surface area contributed by atoms with E-state index in [9.17, 15) is 9.18 Å². The Morgan fingerprint density at radius 3 is 2.56 bits per heavy atom. The summed E-state index contributed by atoms with van der Waals surface area (Å²) in [7, 11) is 0. The van der Waals surface area contributed by atoms with Gasteiger partial charge in [-0.1, -0.05) is 71.9 Å². The number of carbonyl (C=O) groups is 1. The van der Waals surface area contributed by atoms with E-state index in [-0.39, 0.29) is 18.3 Å². The van der Waals surface area contributed by atoms with E-state index in [1.807, 2.05) is 72.2 Å². The van der Waals surface area contributed by atoms with Crippen molar-refractivity contribution in [3.05, 3.63) is 118 Å². The van der Waals surface area contributed by atoms with Crippen molar-refractivity contribution in [2.45, 2.75) is 24.4 Å². The van der Waals surface area contributed by atoms with Gasteiger partial charge >= 0.3 is 0 Å². The number of halogens is 2. The maximum absolute atomic E-state index is 13.3. The number of nitrogens with zero attached hydrogens (tertiary/aromatic N) is 3. The SMILES string of the molecule is Cc1ccc(Cl)cc1-n1c(CNC(=O)c2ccc3ccccc3c2)nnc1SCc1ccc(F)cc1. The number of aromatic nitrogens is 3. The van der Waals surface area contributed by atoms with Crippen LogP contribution in [-0.4, -0.2) is 20.7 Å². The molecule has 36 heavy (non-hydrogen) atoms. The van der Waals surface area contributed by atoms with E-state index < -0.39 is 0 Å². The van der Waals surface area contributed by atoms with Crippen LogP contribution in [0.15, 0.2) is 90.1 Å². The zero-order valence-corrected chi connectivity index (χ0v) is 21.0. The number of thioether (sulfide) groups is 1. The summed E-state index contributed by atoms with van der Waals surface area (Å²) in [5.41, 5.74) is 3.36. The molecule has 0 aliphatic rings. The first-order valence-electron chi connectivity index (χ1n) is 11.3. The summed E-state index contributed by atoms with van der Waals surface area (Å²) in [6, 6.07) is 25.5. The second-order valence-electron chi connectivity index (χ2n) is 8.32. The topological polar surface area (TPSA) is 59.8 Å². The van der Waals surface area contributed by atoms with Crippen LogP contribution in [0.2, 0.25) is 5.02 Å². The van der Waals surface area contributed by atoms with Gasteiger partial charge in [-0.15, -0.1) is 10.2 Å². The number of aryl methyl sites for hydroxylation is 1. The molecule has 1 amide bonds. The molecule has 0 saturated carbocycles. The van der Waals surface area contributed by atoms with Gasteiger partial charge in [-0.3, -0.25) is 9.36 Å². The summed E-state index contributed by atoms with van der Waals surface area (Å²) in [6.45, 7) is 2.17. The lowest BCUT2D eigenvalue weighted by Crippen LogP contribution is -2.24. The average molecular weight is 517 g/mol. The summed E-state index contributed by atoms with van der Waals surface area (Å²) < 4.78 is 15.2. The number of carbonyl (C=O) groups excluding carboxylic acids is 1. The van der Waals surface area contributed by atoms with Gasteiger partial charge in [0.15, 0.2) is 11.0 Å². The van der Waals surface area contributed by atoms with Crippen molar-refractivity contribution in [3.63, 3.8) is 0 Å². The maximum atomic E-state index is 13.3. The standard InChI is InChI=1S/C28H22ClFN4OS/c1-18-6-11-23(29)15-25(18)34-26(32-33-28(34)36-17-19-7-12-24(30)13-8-19)16-31-27(35)22-10-9-20-4-2-3-5-21(20)14-22/h2-15H,16-17H2,1H3,(H,31,35). The number of hydrogen-bond acceptors (Lipinski definition) is 4. The van der Waals surface area contributed by atoms with E-state index in [2.05, 4.69) is 15.5 Å². The Labute approximate surface area is 217 Å². The van der Waals surface area contributed by atoms with Crippen molar-refractivity contribution in [2.75, 3.05) is 0 Å². The van der Waals surface area contributed by atoms with Gasteiger partial charge in [-0.25, -0.2) is 4.39 Å². The molecule has 0 fully saturated rings. The molecule has 5 nitrogen and oxygen atoms in total. The number of hydrogen-bond donors (Lipinski definition) is 1. The molecule has 0 atom stereocenters. The van der Waals surface area contributed by atoms with E-state index in [1.165, 1.54) is 23.9 Å². The van der Waals surface area contributed by atoms with Crippen LogP contribution >= 0.6 is 23.4 Å². The molecule has 5 aromatic rings. The van der Waals surface area contributed by atoms with E-state index in [0.717, 1.165) is 27.6 Å². The van der Waals surface area contributed by atoms with Gasteiger partial charge in [0.2, 0.25) is 0 Å². The van der Waals surface area contributed by atoms with Gasteiger partial charge < -0.3 is 5.32 Å². The molecule has 0 radical (unpaired) electrons. The Bertz CT molecular complexity index is 1550. The molecule has 1 N–H and O–H groups in total. The predicted octanol–water partition coefficient (Wildman–Crippen LogP) is 6.74. The monoisotopic (exact) mass is 516 g/mol. The van der Waals surface area contributed by atoms with E-state index >= 15 is 0 Å². The third kappa shape index (κ3) is 5.27. The lowest BCUT2D eigenvalue weighted by Gasteiger charge is -2.14. The zero-order valence-electron chi connectivity index (χ0n) is 19.4. The fourth-order valence-corrected chi connectivity index (χ4v) is 4.98. The molecule has 0 saturated heterocycles. The summed E-state index contributed by atoms with van der Waals surface area (Å²) in [6.07, 6.45) is 0. The number of nitrogens with one attached hydrogen (secondary N) is 1. The molecule has 180 valence electrons. The highest BCUT2D eigenvalue weighted by Gasteiger charge is 2.18. The zero-order chi connectivity index (χ0) is 25.1. The van der Waals surface area contributed by atoms with Crippen LogP contribution < -0.4 is 5.32 Å². The van der Waals surface area contributed by atoms with Crippen molar-refractivity contribution in [1.29, 1.82) is 0 Å². The Hall–Kier alpha value is -3.68. The Morgan fingerprint density at radius 2 is 1.75 bits per heavy atom. The number of amides is 1. The van der Waals surface area contributed by atoms with Crippen LogP contribution in [0.4, 0.5) is 4.39 Å². The molecule has 8 heteroatoms. The summed E-state index contributed by atoms with van der Waals surface area (Å²) >= 11 is 7.79. The first-order chi connectivity index (χ1) is 17.5. The third-order valence-electron chi connectivity index (χ3n) is 5.81. The summed E-state index contributed by atoms with van der Waals surface area (Å²) in [4.78, 5) is 13.0. The number of rotatable bonds is 7. The van der Waals surface area contributed by atoms with Gasteiger partial charge in [0, 0.05) is 16.3 Å². The molecule has 0 bridgehead atoms. The van der Waals surface area contributed by atoms with Crippen molar-refractivity contribution in [1.82, 2.24) is 20.1 Å². The third-order valence-corrected chi connectivity index (χ3v) is 7.05.